The summed E-state index contributed by atoms with van der Waals surface area (Å²) in [6.45, 7) is 2.27. The van der Waals surface area contributed by atoms with Crippen LogP contribution < -0.4 is 0 Å². The Hall–Kier alpha value is -1.81. The van der Waals surface area contributed by atoms with Crippen LogP contribution >= 0.6 is 11.6 Å². The molecular formula is C13H13ClN2O2. The average Bonchev–Trinajstić information content (AvgIpc) is 2.74. The summed E-state index contributed by atoms with van der Waals surface area (Å²) in [5.74, 6) is 1.38. The fraction of sp³-hybridized carbons (Fsp3) is 0.231. The van der Waals surface area contributed by atoms with Crippen molar-refractivity contribution in [3.05, 3.63) is 52.7 Å². The summed E-state index contributed by atoms with van der Waals surface area (Å²) >= 11 is 5.96. The number of nitrogens with zero attached hydrogens (tertiary/aromatic N) is 2. The molecule has 0 radical (unpaired) electrons. The molecule has 0 aliphatic heterocycles. The van der Waals surface area contributed by atoms with E-state index in [1.807, 2.05) is 19.1 Å². The van der Waals surface area contributed by atoms with E-state index in [1.54, 1.807) is 24.2 Å². The molecule has 4 nitrogen and oxygen atoms in total. The number of halogens is 1. The molecule has 0 unspecified atom stereocenters. The monoisotopic (exact) mass is 264 g/mol. The summed E-state index contributed by atoms with van der Waals surface area (Å²) in [5, 5.41) is 0.400. The molecule has 18 heavy (non-hydrogen) atoms. The predicted octanol–water partition coefficient (Wildman–Crippen LogP) is 2.91. The molecule has 2 heterocycles. The van der Waals surface area contributed by atoms with Crippen LogP contribution in [-0.2, 0) is 6.54 Å². The highest BCUT2D eigenvalue weighted by Crippen LogP contribution is 2.17. The van der Waals surface area contributed by atoms with Crippen LogP contribution in [-0.4, -0.2) is 22.8 Å². The summed E-state index contributed by atoms with van der Waals surface area (Å²) in [6.07, 6.45) is 3.02. The molecule has 0 aliphatic carbocycles. The lowest BCUT2D eigenvalue weighted by Gasteiger charge is -2.16. The molecule has 0 bridgehead atoms. The van der Waals surface area contributed by atoms with Crippen LogP contribution in [0.4, 0.5) is 0 Å². The molecule has 0 aliphatic rings. The van der Waals surface area contributed by atoms with Crippen molar-refractivity contribution in [2.45, 2.75) is 13.5 Å². The van der Waals surface area contributed by atoms with Crippen LogP contribution in [0.25, 0.3) is 0 Å². The third-order valence-corrected chi connectivity index (χ3v) is 2.86. The maximum absolute atomic E-state index is 12.1. The molecular weight excluding hydrogens is 252 g/mol. The van der Waals surface area contributed by atoms with E-state index >= 15 is 0 Å². The largest absolute Gasteiger partial charge is 0.464 e. The second kappa shape index (κ2) is 5.23. The van der Waals surface area contributed by atoms with E-state index in [4.69, 9.17) is 16.0 Å². The molecule has 0 fully saturated rings. The minimum atomic E-state index is -0.179. The summed E-state index contributed by atoms with van der Waals surface area (Å²) < 4.78 is 5.43. The number of aromatic nitrogens is 1. The van der Waals surface area contributed by atoms with Crippen molar-refractivity contribution in [1.82, 2.24) is 9.88 Å². The fourth-order valence-corrected chi connectivity index (χ4v) is 1.80. The third-order valence-electron chi connectivity index (χ3n) is 2.53. The summed E-state index contributed by atoms with van der Waals surface area (Å²) in [4.78, 5) is 17.6. The van der Waals surface area contributed by atoms with Gasteiger partial charge in [-0.2, -0.15) is 0 Å². The van der Waals surface area contributed by atoms with E-state index in [-0.39, 0.29) is 5.91 Å². The lowest BCUT2D eigenvalue weighted by Crippen LogP contribution is -2.26. The zero-order valence-electron chi connectivity index (χ0n) is 10.2. The first-order chi connectivity index (χ1) is 8.58. The van der Waals surface area contributed by atoms with Crippen LogP contribution in [0.15, 0.2) is 35.0 Å². The van der Waals surface area contributed by atoms with E-state index in [0.717, 1.165) is 11.5 Å². The maximum Gasteiger partial charge on any atom is 0.257 e. The van der Waals surface area contributed by atoms with Crippen LogP contribution in [0.5, 0.6) is 0 Å². The van der Waals surface area contributed by atoms with Crippen molar-refractivity contribution < 1.29 is 9.21 Å². The van der Waals surface area contributed by atoms with Crippen LogP contribution in [0.1, 0.15) is 21.9 Å². The molecule has 2 aromatic heterocycles. The van der Waals surface area contributed by atoms with E-state index < -0.39 is 0 Å². The average molecular weight is 265 g/mol. The summed E-state index contributed by atoms with van der Waals surface area (Å²) in [7, 11) is 1.70. The number of carbonyl (C=O) groups is 1. The number of pyridine rings is 1. The van der Waals surface area contributed by atoms with Crippen LogP contribution in [0.3, 0.4) is 0 Å². The van der Waals surface area contributed by atoms with Crippen molar-refractivity contribution in [2.24, 2.45) is 0 Å². The highest BCUT2D eigenvalue weighted by molar-refractivity contribution is 6.33. The molecule has 0 saturated carbocycles. The van der Waals surface area contributed by atoms with E-state index in [2.05, 4.69) is 4.98 Å². The number of aryl methyl sites for hydroxylation is 1. The summed E-state index contributed by atoms with van der Waals surface area (Å²) in [6, 6.07) is 5.31. The highest BCUT2D eigenvalue weighted by Gasteiger charge is 2.16. The maximum atomic E-state index is 12.1. The van der Waals surface area contributed by atoms with Crippen LogP contribution in [0, 0.1) is 6.92 Å². The van der Waals surface area contributed by atoms with Gasteiger partial charge in [0.25, 0.3) is 5.91 Å². The van der Waals surface area contributed by atoms with Gasteiger partial charge in [0.1, 0.15) is 11.5 Å². The Morgan fingerprint density at radius 1 is 1.44 bits per heavy atom. The summed E-state index contributed by atoms with van der Waals surface area (Å²) in [5.41, 5.74) is 0.393. The fourth-order valence-electron chi connectivity index (χ4n) is 1.62. The van der Waals surface area contributed by atoms with Gasteiger partial charge in [0.05, 0.1) is 17.1 Å². The van der Waals surface area contributed by atoms with Gasteiger partial charge in [-0.1, -0.05) is 11.6 Å². The second-order valence-electron chi connectivity index (χ2n) is 4.03. The molecule has 1 amide bonds. The van der Waals surface area contributed by atoms with Gasteiger partial charge < -0.3 is 9.32 Å². The van der Waals surface area contributed by atoms with Gasteiger partial charge in [-0.15, -0.1) is 0 Å². The van der Waals surface area contributed by atoms with Gasteiger partial charge in [-0.25, -0.2) is 0 Å². The zero-order valence-corrected chi connectivity index (χ0v) is 10.9. The number of furan rings is 1. The standard InChI is InChI=1S/C13H13ClN2O2/c1-9-3-4-10(18-9)8-16(2)13(17)11-7-15-6-5-12(11)14/h3-7H,8H2,1-2H3. The van der Waals surface area contributed by atoms with Crippen molar-refractivity contribution in [3.8, 4) is 0 Å². The topological polar surface area (TPSA) is 46.3 Å². The molecule has 2 rings (SSSR count). The quantitative estimate of drug-likeness (QED) is 0.856. The molecule has 0 atom stereocenters. The van der Waals surface area contributed by atoms with E-state index in [0.29, 0.717) is 17.1 Å². The molecule has 2 aromatic rings. The normalized spacial score (nSPS) is 10.4. The Morgan fingerprint density at radius 2 is 2.22 bits per heavy atom. The minimum absolute atomic E-state index is 0.179. The number of hydrogen-bond acceptors (Lipinski definition) is 3. The van der Waals surface area contributed by atoms with E-state index in [9.17, 15) is 4.79 Å². The highest BCUT2D eigenvalue weighted by atomic mass is 35.5. The molecule has 0 aromatic carbocycles. The predicted molar refractivity (Wildman–Crippen MR) is 68.5 cm³/mol. The van der Waals surface area contributed by atoms with E-state index in [1.165, 1.54) is 6.20 Å². The van der Waals surface area contributed by atoms with Crippen molar-refractivity contribution in [3.63, 3.8) is 0 Å². The Bertz CT molecular complexity index is 566. The smallest absolute Gasteiger partial charge is 0.257 e. The number of amides is 1. The van der Waals surface area contributed by atoms with Crippen molar-refractivity contribution in [2.75, 3.05) is 7.05 Å². The Kier molecular flexibility index (Phi) is 3.67. The van der Waals surface area contributed by atoms with Gasteiger partial charge in [0.2, 0.25) is 0 Å². The van der Waals surface area contributed by atoms with Crippen molar-refractivity contribution >= 4 is 17.5 Å². The Labute approximate surface area is 110 Å². The first-order valence-corrected chi connectivity index (χ1v) is 5.86. The van der Waals surface area contributed by atoms with Gasteiger partial charge in [-0.05, 0) is 25.1 Å². The Balaban J connectivity index is 2.12. The SMILES string of the molecule is Cc1ccc(CN(C)C(=O)c2cnccc2Cl)o1. The zero-order chi connectivity index (χ0) is 13.1. The second-order valence-corrected chi connectivity index (χ2v) is 4.44. The molecule has 0 saturated heterocycles. The van der Waals surface area contributed by atoms with Gasteiger partial charge in [-0.3, -0.25) is 9.78 Å². The first kappa shape index (κ1) is 12.6. The third kappa shape index (κ3) is 2.71. The molecule has 0 N–H and O–H groups in total. The number of rotatable bonds is 3. The minimum Gasteiger partial charge on any atom is -0.464 e. The van der Waals surface area contributed by atoms with Crippen molar-refractivity contribution in [1.29, 1.82) is 0 Å². The first-order valence-electron chi connectivity index (χ1n) is 5.48. The van der Waals surface area contributed by atoms with Gasteiger partial charge in [0, 0.05) is 19.4 Å². The molecule has 94 valence electrons. The number of carbonyl (C=O) groups excluding carboxylic acids is 1. The van der Waals surface area contributed by atoms with Crippen LogP contribution in [0.2, 0.25) is 5.02 Å². The molecule has 0 spiro atoms. The molecule has 5 heteroatoms. The lowest BCUT2D eigenvalue weighted by molar-refractivity contribution is 0.0774. The van der Waals surface area contributed by atoms with Gasteiger partial charge >= 0.3 is 0 Å². The number of hydrogen-bond donors (Lipinski definition) is 0. The Morgan fingerprint density at radius 3 is 2.83 bits per heavy atom. The van der Waals surface area contributed by atoms with Gasteiger partial charge in [0.15, 0.2) is 0 Å². The lowest BCUT2D eigenvalue weighted by atomic mass is 10.2.